The van der Waals surface area contributed by atoms with Gasteiger partial charge in [0.1, 0.15) is 9.88 Å². The Balaban J connectivity index is 3.07. The number of nitrogens with two attached hydrogens (primary N) is 2. The molecule has 1 aromatic heterocycles. The lowest BCUT2D eigenvalue weighted by Crippen LogP contribution is -2.22. The lowest BCUT2D eigenvalue weighted by Gasteiger charge is -2.10. The first-order chi connectivity index (χ1) is 9.25. The van der Waals surface area contributed by atoms with Gasteiger partial charge in [-0.2, -0.15) is 0 Å². The minimum atomic E-state index is -0.635. The van der Waals surface area contributed by atoms with Crippen molar-refractivity contribution < 1.29 is 9.59 Å². The molecule has 0 aliphatic rings. The van der Waals surface area contributed by atoms with Gasteiger partial charge in [-0.1, -0.05) is 0 Å². The fraction of sp³-hybridized carbons (Fsp3) is 0.500. The number of nitrogen functional groups attached to an aromatic ring is 1. The number of hydrogen-bond donors (Lipinski definition) is 3. The summed E-state index contributed by atoms with van der Waals surface area (Å²) in [5, 5.41) is 3.65. The van der Waals surface area contributed by atoms with Crippen LogP contribution in [0.5, 0.6) is 0 Å². The van der Waals surface area contributed by atoms with Gasteiger partial charge < -0.3 is 26.6 Å². The lowest BCUT2D eigenvalue weighted by molar-refractivity contribution is 0.0833. The van der Waals surface area contributed by atoms with Crippen molar-refractivity contribution in [2.45, 2.75) is 0 Å². The van der Waals surface area contributed by atoms with Crippen LogP contribution in [-0.2, 0) is 0 Å². The highest BCUT2D eigenvalue weighted by Crippen LogP contribution is 2.35. The normalized spacial score (nSPS) is 10.7. The summed E-state index contributed by atoms with van der Waals surface area (Å²) in [4.78, 5) is 27.3. The van der Waals surface area contributed by atoms with E-state index >= 15 is 0 Å². The zero-order valence-corrected chi connectivity index (χ0v) is 13.0. The van der Waals surface area contributed by atoms with Crippen molar-refractivity contribution in [2.75, 3.05) is 52.3 Å². The molecule has 0 unspecified atom stereocenters. The highest BCUT2D eigenvalue weighted by atomic mass is 32.1. The summed E-state index contributed by atoms with van der Waals surface area (Å²) in [7, 11) is 7.15. The van der Waals surface area contributed by atoms with Crippen LogP contribution in [0.4, 0.5) is 10.7 Å². The average Bonchev–Trinajstić information content (AvgIpc) is 2.64. The van der Waals surface area contributed by atoms with E-state index in [9.17, 15) is 9.59 Å². The number of primary amides is 1. The summed E-state index contributed by atoms with van der Waals surface area (Å²) >= 11 is 1.16. The van der Waals surface area contributed by atoms with Gasteiger partial charge in [-0.25, -0.2) is 0 Å². The van der Waals surface area contributed by atoms with Crippen LogP contribution in [0.15, 0.2) is 0 Å². The molecule has 2 amide bonds. The minimum absolute atomic E-state index is 0.147. The molecule has 112 valence electrons. The summed E-state index contributed by atoms with van der Waals surface area (Å²) in [6, 6.07) is 0. The van der Waals surface area contributed by atoms with Gasteiger partial charge in [-0.05, 0) is 14.1 Å². The molecule has 1 aromatic rings. The Morgan fingerprint density at radius 3 is 2.30 bits per heavy atom. The topological polar surface area (TPSA) is 105 Å². The SMILES string of the molecule is CN(C)CCNc1sc(C(=O)N(C)C)c(N)c1C(N)=O. The van der Waals surface area contributed by atoms with Gasteiger partial charge in [0.25, 0.3) is 11.8 Å². The molecule has 5 N–H and O–H groups in total. The molecule has 20 heavy (non-hydrogen) atoms. The predicted molar refractivity (Wildman–Crippen MR) is 82.3 cm³/mol. The van der Waals surface area contributed by atoms with Crippen LogP contribution in [0, 0.1) is 0 Å². The van der Waals surface area contributed by atoms with E-state index < -0.39 is 5.91 Å². The Bertz CT molecular complexity index is 510. The third-order valence-corrected chi connectivity index (χ3v) is 3.79. The predicted octanol–water partition coefficient (Wildman–Crippen LogP) is 0.105. The molecule has 0 fully saturated rings. The molecule has 0 aliphatic carbocycles. The van der Waals surface area contributed by atoms with Crippen LogP contribution in [0.2, 0.25) is 0 Å². The smallest absolute Gasteiger partial charge is 0.265 e. The maximum atomic E-state index is 12.0. The first-order valence-corrected chi connectivity index (χ1v) is 6.89. The Morgan fingerprint density at radius 1 is 1.25 bits per heavy atom. The van der Waals surface area contributed by atoms with Crippen LogP contribution in [0.3, 0.4) is 0 Å². The number of nitrogens with one attached hydrogen (secondary N) is 1. The zero-order valence-electron chi connectivity index (χ0n) is 12.2. The van der Waals surface area contributed by atoms with E-state index in [0.29, 0.717) is 16.4 Å². The molecule has 0 bridgehead atoms. The summed E-state index contributed by atoms with van der Waals surface area (Å²) in [6.07, 6.45) is 0. The van der Waals surface area contributed by atoms with Gasteiger partial charge in [-0.3, -0.25) is 9.59 Å². The van der Waals surface area contributed by atoms with Gasteiger partial charge >= 0.3 is 0 Å². The number of nitrogens with zero attached hydrogens (tertiary/aromatic N) is 2. The molecule has 7 nitrogen and oxygen atoms in total. The van der Waals surface area contributed by atoms with E-state index in [1.165, 1.54) is 4.90 Å². The summed E-state index contributed by atoms with van der Waals surface area (Å²) < 4.78 is 0. The first kappa shape index (κ1) is 16.3. The highest BCUT2D eigenvalue weighted by Gasteiger charge is 2.24. The van der Waals surface area contributed by atoms with Gasteiger partial charge in [0.15, 0.2) is 0 Å². The number of amides is 2. The molecule has 0 aromatic carbocycles. The lowest BCUT2D eigenvalue weighted by atomic mass is 10.2. The molecule has 0 spiro atoms. The van der Waals surface area contributed by atoms with Crippen molar-refractivity contribution in [1.82, 2.24) is 9.80 Å². The fourth-order valence-corrected chi connectivity index (χ4v) is 2.74. The van der Waals surface area contributed by atoms with E-state index in [1.54, 1.807) is 14.1 Å². The second kappa shape index (κ2) is 6.58. The van der Waals surface area contributed by atoms with Crippen LogP contribution >= 0.6 is 11.3 Å². The molecular formula is C12H21N5O2S. The number of thiophene rings is 1. The Morgan fingerprint density at radius 2 is 1.85 bits per heavy atom. The quantitative estimate of drug-likeness (QED) is 0.691. The highest BCUT2D eigenvalue weighted by molar-refractivity contribution is 7.19. The summed E-state index contributed by atoms with van der Waals surface area (Å²) in [6.45, 7) is 1.41. The van der Waals surface area contributed by atoms with E-state index in [4.69, 9.17) is 11.5 Å². The van der Waals surface area contributed by atoms with Crippen molar-refractivity contribution in [3.05, 3.63) is 10.4 Å². The molecular weight excluding hydrogens is 278 g/mol. The summed E-state index contributed by atoms with van der Waals surface area (Å²) in [5.41, 5.74) is 11.6. The fourth-order valence-electron chi connectivity index (χ4n) is 1.57. The Kier molecular flexibility index (Phi) is 5.34. The van der Waals surface area contributed by atoms with E-state index in [2.05, 4.69) is 5.32 Å². The molecule has 0 atom stereocenters. The van der Waals surface area contributed by atoms with Gasteiger partial charge in [-0.15, -0.1) is 11.3 Å². The number of carbonyl (C=O) groups is 2. The molecule has 0 saturated heterocycles. The molecule has 0 radical (unpaired) electrons. The molecule has 1 rings (SSSR count). The van der Waals surface area contributed by atoms with Crippen molar-refractivity contribution in [2.24, 2.45) is 5.73 Å². The molecule has 0 saturated carbocycles. The number of likely N-dealkylation sites (N-methyl/N-ethyl adjacent to an activating group) is 1. The monoisotopic (exact) mass is 299 g/mol. The number of carbonyl (C=O) groups excluding carboxylic acids is 2. The second-order valence-electron chi connectivity index (χ2n) is 4.84. The van der Waals surface area contributed by atoms with Crippen molar-refractivity contribution in [3.8, 4) is 0 Å². The van der Waals surface area contributed by atoms with Gasteiger partial charge in [0, 0.05) is 27.2 Å². The van der Waals surface area contributed by atoms with E-state index in [0.717, 1.165) is 17.9 Å². The van der Waals surface area contributed by atoms with Gasteiger partial charge in [0.2, 0.25) is 0 Å². The zero-order chi connectivity index (χ0) is 15.4. The van der Waals surface area contributed by atoms with Crippen LogP contribution in [-0.4, -0.2) is 62.9 Å². The standard InChI is InChI=1S/C12H21N5O2S/c1-16(2)6-5-15-11-7(10(14)18)8(13)9(20-11)12(19)17(3)4/h15H,5-6,13H2,1-4H3,(H2,14,18). The number of rotatable bonds is 6. The van der Waals surface area contributed by atoms with Gasteiger partial charge in [0.05, 0.1) is 11.3 Å². The third kappa shape index (κ3) is 3.61. The Labute approximate surface area is 122 Å². The molecule has 8 heteroatoms. The maximum Gasteiger partial charge on any atom is 0.265 e. The number of anilines is 2. The van der Waals surface area contributed by atoms with Crippen LogP contribution in [0.1, 0.15) is 20.0 Å². The largest absolute Gasteiger partial charge is 0.397 e. The molecule has 0 aliphatic heterocycles. The Hall–Kier alpha value is -1.80. The minimum Gasteiger partial charge on any atom is -0.397 e. The second-order valence-corrected chi connectivity index (χ2v) is 5.86. The van der Waals surface area contributed by atoms with E-state index in [1.807, 2.05) is 19.0 Å². The van der Waals surface area contributed by atoms with Crippen LogP contribution < -0.4 is 16.8 Å². The van der Waals surface area contributed by atoms with Crippen LogP contribution in [0.25, 0.3) is 0 Å². The van der Waals surface area contributed by atoms with Crippen molar-refractivity contribution in [3.63, 3.8) is 0 Å². The average molecular weight is 299 g/mol. The van der Waals surface area contributed by atoms with E-state index in [-0.39, 0.29) is 17.2 Å². The third-order valence-electron chi connectivity index (χ3n) is 2.64. The summed E-state index contributed by atoms with van der Waals surface area (Å²) in [5.74, 6) is -0.875. The maximum absolute atomic E-state index is 12.0. The van der Waals surface area contributed by atoms with Crippen molar-refractivity contribution in [1.29, 1.82) is 0 Å². The van der Waals surface area contributed by atoms with Crippen molar-refractivity contribution >= 4 is 33.8 Å². The first-order valence-electron chi connectivity index (χ1n) is 6.08. The molecule has 1 heterocycles. The number of hydrogen-bond acceptors (Lipinski definition) is 6.